The quantitative estimate of drug-likeness (QED) is 0.647. The largest absolute Gasteiger partial charge is 0.342 e. The number of hydrogen-bond donors (Lipinski definition) is 0. The van der Waals surface area contributed by atoms with Gasteiger partial charge < -0.3 is 4.90 Å². The van der Waals surface area contributed by atoms with Gasteiger partial charge in [-0.25, -0.2) is 4.98 Å². The summed E-state index contributed by atoms with van der Waals surface area (Å²) in [6.07, 6.45) is 3.53. The number of halogens is 1. The molecule has 140 valence electrons. The predicted molar refractivity (Wildman–Crippen MR) is 108 cm³/mol. The molecule has 0 N–H and O–H groups in total. The van der Waals surface area contributed by atoms with Crippen LogP contribution in [0.2, 0.25) is 5.02 Å². The van der Waals surface area contributed by atoms with Crippen LogP contribution in [0.3, 0.4) is 0 Å². The first kappa shape index (κ1) is 19.1. The third kappa shape index (κ3) is 4.19. The maximum atomic E-state index is 13.1. The van der Waals surface area contributed by atoms with Crippen molar-refractivity contribution in [1.29, 1.82) is 0 Å². The predicted octanol–water partition coefficient (Wildman–Crippen LogP) is 3.97. The Balaban J connectivity index is 2.08. The third-order valence-corrected chi connectivity index (χ3v) is 4.78. The fourth-order valence-corrected chi connectivity index (χ4v) is 3.11. The lowest BCUT2D eigenvalue weighted by atomic mass is 10.1. The van der Waals surface area contributed by atoms with Gasteiger partial charge in [0.15, 0.2) is 0 Å². The number of amides is 1. The monoisotopic (exact) mass is 383 g/mol. The Hall–Kier alpha value is -2.66. The molecule has 1 aromatic carbocycles. The summed E-state index contributed by atoms with van der Waals surface area (Å²) in [7, 11) is 1.73. The Bertz CT molecular complexity index is 1010. The van der Waals surface area contributed by atoms with Crippen LogP contribution >= 0.6 is 11.6 Å². The van der Waals surface area contributed by atoms with Crippen LogP contribution in [0.5, 0.6) is 0 Å². The van der Waals surface area contributed by atoms with E-state index in [-0.39, 0.29) is 17.0 Å². The summed E-state index contributed by atoms with van der Waals surface area (Å²) < 4.78 is 1.56. The lowest BCUT2D eigenvalue weighted by Crippen LogP contribution is -2.35. The van der Waals surface area contributed by atoms with Gasteiger partial charge in [0.2, 0.25) is 0 Å². The van der Waals surface area contributed by atoms with Crippen molar-refractivity contribution in [2.75, 3.05) is 13.6 Å². The highest BCUT2D eigenvalue weighted by Gasteiger charge is 2.19. The minimum Gasteiger partial charge on any atom is -0.342 e. The fraction of sp³-hybridized carbons (Fsp3) is 0.286. The Labute approximate surface area is 163 Å². The molecule has 5 nitrogen and oxygen atoms in total. The van der Waals surface area contributed by atoms with Gasteiger partial charge in [-0.15, -0.1) is 0 Å². The van der Waals surface area contributed by atoms with Crippen molar-refractivity contribution in [2.24, 2.45) is 0 Å². The molecule has 3 rings (SSSR count). The van der Waals surface area contributed by atoms with Crippen LogP contribution in [0.1, 0.15) is 35.7 Å². The zero-order valence-electron chi connectivity index (χ0n) is 15.5. The van der Waals surface area contributed by atoms with Gasteiger partial charge in [0.1, 0.15) is 11.2 Å². The molecule has 0 radical (unpaired) electrons. The van der Waals surface area contributed by atoms with E-state index in [4.69, 9.17) is 11.6 Å². The Morgan fingerprint density at radius 3 is 2.67 bits per heavy atom. The van der Waals surface area contributed by atoms with Crippen molar-refractivity contribution < 1.29 is 4.79 Å². The smallest absolute Gasteiger partial charge is 0.265 e. The van der Waals surface area contributed by atoms with Crippen LogP contribution in [-0.4, -0.2) is 34.0 Å². The second-order valence-corrected chi connectivity index (χ2v) is 7.01. The number of aromatic nitrogens is 2. The maximum absolute atomic E-state index is 13.1. The maximum Gasteiger partial charge on any atom is 0.265 e. The van der Waals surface area contributed by atoms with Crippen LogP contribution in [-0.2, 0) is 6.54 Å². The highest BCUT2D eigenvalue weighted by Crippen LogP contribution is 2.15. The van der Waals surface area contributed by atoms with Crippen LogP contribution in [0.4, 0.5) is 0 Å². The highest BCUT2D eigenvalue weighted by atomic mass is 35.5. The van der Waals surface area contributed by atoms with Crippen molar-refractivity contribution in [3.8, 4) is 0 Å². The molecular weight excluding hydrogens is 362 g/mol. The third-order valence-electron chi connectivity index (χ3n) is 4.53. The van der Waals surface area contributed by atoms with Gasteiger partial charge in [0, 0.05) is 30.2 Å². The number of carbonyl (C=O) groups is 1. The van der Waals surface area contributed by atoms with E-state index in [1.165, 1.54) is 0 Å². The lowest BCUT2D eigenvalue weighted by molar-refractivity contribution is 0.0791. The first-order valence-corrected chi connectivity index (χ1v) is 9.37. The van der Waals surface area contributed by atoms with E-state index in [2.05, 4.69) is 11.9 Å². The summed E-state index contributed by atoms with van der Waals surface area (Å²) in [5, 5.41) is 1.40. The molecule has 0 aliphatic carbocycles. The second-order valence-electron chi connectivity index (χ2n) is 6.57. The normalized spacial score (nSPS) is 10.9. The molecule has 6 heteroatoms. The summed E-state index contributed by atoms with van der Waals surface area (Å²) in [6, 6.07) is 12.6. The molecule has 0 spiro atoms. The topological polar surface area (TPSA) is 55.2 Å². The highest BCUT2D eigenvalue weighted by molar-refractivity contribution is 6.30. The Morgan fingerprint density at radius 2 is 1.96 bits per heavy atom. The van der Waals surface area contributed by atoms with E-state index >= 15 is 0 Å². The number of fused-ring (bicyclic) bond motifs is 1. The van der Waals surface area contributed by atoms with Gasteiger partial charge in [0.25, 0.3) is 11.5 Å². The summed E-state index contributed by atoms with van der Waals surface area (Å²) in [6.45, 7) is 3.01. The molecule has 0 saturated heterocycles. The molecular formula is C21H22ClN3O2. The number of pyridine rings is 2. The average Bonchev–Trinajstić information content (AvgIpc) is 2.69. The van der Waals surface area contributed by atoms with E-state index in [1.54, 1.807) is 47.0 Å². The van der Waals surface area contributed by atoms with Gasteiger partial charge in [-0.3, -0.25) is 14.2 Å². The molecule has 0 aliphatic rings. The van der Waals surface area contributed by atoms with Crippen LogP contribution in [0, 0.1) is 0 Å². The molecule has 0 atom stereocenters. The summed E-state index contributed by atoms with van der Waals surface area (Å²) >= 11 is 5.95. The molecule has 0 aliphatic heterocycles. The molecule has 0 unspecified atom stereocenters. The summed E-state index contributed by atoms with van der Waals surface area (Å²) in [5.41, 5.74) is 1.31. The van der Waals surface area contributed by atoms with E-state index in [1.807, 2.05) is 18.2 Å². The van der Waals surface area contributed by atoms with E-state index < -0.39 is 0 Å². The number of carbonyl (C=O) groups excluding carboxylic acids is 1. The molecule has 0 fully saturated rings. The first-order valence-electron chi connectivity index (χ1n) is 8.99. The van der Waals surface area contributed by atoms with Gasteiger partial charge in [0.05, 0.1) is 6.54 Å². The van der Waals surface area contributed by atoms with Gasteiger partial charge in [-0.05, 0) is 42.3 Å². The second kappa shape index (κ2) is 8.35. The molecule has 1 amide bonds. The van der Waals surface area contributed by atoms with Crippen molar-refractivity contribution in [3.05, 3.63) is 75.2 Å². The SMILES string of the molecule is CCCCN(C)C(=O)c1cc2cccnc2n(Cc2ccc(Cl)cc2)c1=O. The van der Waals surface area contributed by atoms with Crippen molar-refractivity contribution >= 4 is 28.5 Å². The minimum absolute atomic E-state index is 0.170. The van der Waals surface area contributed by atoms with E-state index in [0.29, 0.717) is 23.8 Å². The number of hydrogen-bond acceptors (Lipinski definition) is 3. The zero-order chi connectivity index (χ0) is 19.4. The van der Waals surface area contributed by atoms with E-state index in [9.17, 15) is 9.59 Å². The summed E-state index contributed by atoms with van der Waals surface area (Å²) in [5.74, 6) is -0.260. The van der Waals surface area contributed by atoms with Crippen LogP contribution < -0.4 is 5.56 Å². The van der Waals surface area contributed by atoms with Gasteiger partial charge in [-0.1, -0.05) is 37.1 Å². The Morgan fingerprint density at radius 1 is 1.22 bits per heavy atom. The van der Waals surface area contributed by atoms with Crippen molar-refractivity contribution in [2.45, 2.75) is 26.3 Å². The molecule has 2 heterocycles. The van der Waals surface area contributed by atoms with Crippen molar-refractivity contribution in [1.82, 2.24) is 14.5 Å². The van der Waals surface area contributed by atoms with Gasteiger partial charge >= 0.3 is 0 Å². The van der Waals surface area contributed by atoms with E-state index in [0.717, 1.165) is 23.8 Å². The molecule has 2 aromatic heterocycles. The minimum atomic E-state index is -0.329. The number of rotatable bonds is 6. The van der Waals surface area contributed by atoms with Gasteiger partial charge in [-0.2, -0.15) is 0 Å². The Kier molecular flexibility index (Phi) is 5.91. The molecule has 27 heavy (non-hydrogen) atoms. The average molecular weight is 384 g/mol. The number of benzene rings is 1. The summed E-state index contributed by atoms with van der Waals surface area (Å²) in [4.78, 5) is 31.9. The molecule has 0 bridgehead atoms. The molecule has 3 aromatic rings. The number of unbranched alkanes of at least 4 members (excludes halogenated alkanes) is 1. The van der Waals surface area contributed by atoms with Crippen LogP contribution in [0.25, 0.3) is 11.0 Å². The number of nitrogens with zero attached hydrogens (tertiary/aromatic N) is 3. The lowest BCUT2D eigenvalue weighted by Gasteiger charge is -2.18. The zero-order valence-corrected chi connectivity index (χ0v) is 16.2. The fourth-order valence-electron chi connectivity index (χ4n) is 2.98. The molecule has 0 saturated carbocycles. The van der Waals surface area contributed by atoms with Crippen LogP contribution in [0.15, 0.2) is 53.5 Å². The standard InChI is InChI=1S/C21H22ClN3O2/c1-3-4-12-24(2)20(26)18-13-16-6-5-11-23-19(16)25(21(18)27)14-15-7-9-17(22)10-8-15/h5-11,13H,3-4,12,14H2,1-2H3. The first-order chi connectivity index (χ1) is 13.0. The van der Waals surface area contributed by atoms with Crippen molar-refractivity contribution in [3.63, 3.8) is 0 Å².